The Morgan fingerprint density at radius 3 is 2.15 bits per heavy atom. The van der Waals surface area contributed by atoms with E-state index in [0.29, 0.717) is 5.71 Å². The van der Waals surface area contributed by atoms with Crippen molar-refractivity contribution >= 4 is 59.0 Å². The van der Waals surface area contributed by atoms with Crippen LogP contribution in [0.5, 0.6) is 0 Å². The lowest BCUT2D eigenvalue weighted by Gasteiger charge is -2.42. The lowest BCUT2D eigenvalue weighted by Crippen LogP contribution is -2.77. The summed E-state index contributed by atoms with van der Waals surface area (Å²) < 4.78 is 8.57. The topological polar surface area (TPSA) is 29.9 Å². The number of aromatic nitrogens is 2. The molecule has 0 saturated heterocycles. The molecule has 0 bridgehead atoms. The minimum atomic E-state index is -1.83. The first kappa shape index (κ1) is 24.2. The Labute approximate surface area is 231 Å². The summed E-state index contributed by atoms with van der Waals surface area (Å²) in [6.45, 7) is 12.2. The second-order valence-corrected chi connectivity index (χ2v) is 20.7. The fraction of sp³-hybridized carbons (Fsp3) is 0.176. The average Bonchev–Trinajstić information content (AvgIpc) is 3.31. The average molecular weight is 542 g/mol. The zero-order valence-corrected chi connectivity index (χ0v) is 25.5. The smallest absolute Gasteiger partial charge is 0.227 e. The molecule has 39 heavy (non-hydrogen) atoms. The van der Waals surface area contributed by atoms with Gasteiger partial charge in [0.25, 0.3) is 0 Å². The van der Waals surface area contributed by atoms with Gasteiger partial charge in [0.2, 0.25) is 11.4 Å². The van der Waals surface area contributed by atoms with Crippen molar-refractivity contribution in [3.63, 3.8) is 0 Å². The first-order chi connectivity index (χ1) is 18.7. The third-order valence-corrected chi connectivity index (χ3v) is 16.6. The SMILES string of the molecule is Cc1ccc2c(oc3ncccc32)c1-c1cc(-c2ccc3c(c2)[Si](C)(C)c2ccccc2[Si]3(C)C)cc[n+]1C. The molecule has 0 aliphatic carbocycles. The molecule has 0 spiro atoms. The fourth-order valence-corrected chi connectivity index (χ4v) is 16.1. The molecule has 0 amide bonds. The lowest BCUT2D eigenvalue weighted by atomic mass is 9.98. The molecule has 5 heteroatoms. The molecule has 0 atom stereocenters. The Morgan fingerprint density at radius 2 is 1.38 bits per heavy atom. The summed E-state index contributed by atoms with van der Waals surface area (Å²) >= 11 is 0. The Morgan fingerprint density at radius 1 is 0.692 bits per heavy atom. The van der Waals surface area contributed by atoms with Crippen molar-refractivity contribution in [3.8, 4) is 22.4 Å². The van der Waals surface area contributed by atoms with E-state index >= 15 is 0 Å². The Bertz CT molecular complexity index is 1950. The van der Waals surface area contributed by atoms with Crippen molar-refractivity contribution in [2.75, 3.05) is 0 Å². The van der Waals surface area contributed by atoms with Crippen LogP contribution in [-0.4, -0.2) is 21.1 Å². The number of benzene rings is 3. The van der Waals surface area contributed by atoms with Gasteiger partial charge in [-0.3, -0.25) is 0 Å². The summed E-state index contributed by atoms with van der Waals surface area (Å²) in [6.07, 6.45) is 3.97. The van der Waals surface area contributed by atoms with Crippen molar-refractivity contribution in [3.05, 3.63) is 96.8 Å². The van der Waals surface area contributed by atoms with Crippen LogP contribution in [0.2, 0.25) is 26.2 Å². The normalized spacial score (nSPS) is 15.3. The maximum absolute atomic E-state index is 6.36. The van der Waals surface area contributed by atoms with E-state index in [-0.39, 0.29) is 0 Å². The van der Waals surface area contributed by atoms with Gasteiger partial charge in [-0.1, -0.05) is 102 Å². The van der Waals surface area contributed by atoms with Gasteiger partial charge in [-0.05, 0) is 35.7 Å². The Kier molecular flexibility index (Phi) is 5.19. The molecule has 3 nitrogen and oxygen atoms in total. The van der Waals surface area contributed by atoms with Crippen molar-refractivity contribution < 1.29 is 8.98 Å². The minimum absolute atomic E-state index is 0.687. The van der Waals surface area contributed by atoms with Crippen LogP contribution < -0.4 is 25.3 Å². The van der Waals surface area contributed by atoms with E-state index in [0.717, 1.165) is 27.6 Å². The van der Waals surface area contributed by atoms with Crippen molar-refractivity contribution in [2.24, 2.45) is 7.05 Å². The van der Waals surface area contributed by atoms with Gasteiger partial charge in [0, 0.05) is 29.1 Å². The van der Waals surface area contributed by atoms with Gasteiger partial charge in [0.15, 0.2) is 11.8 Å². The molecule has 6 aromatic rings. The molecule has 1 aliphatic heterocycles. The van der Waals surface area contributed by atoms with E-state index in [9.17, 15) is 0 Å². The fourth-order valence-electron chi connectivity index (χ4n) is 6.74. The van der Waals surface area contributed by atoms with Gasteiger partial charge in [0.1, 0.15) is 23.2 Å². The second kappa shape index (κ2) is 8.34. The number of hydrogen-bond donors (Lipinski definition) is 0. The van der Waals surface area contributed by atoms with Crippen LogP contribution in [0.4, 0.5) is 0 Å². The summed E-state index contributed by atoms with van der Waals surface area (Å²) in [5.41, 5.74) is 7.58. The molecule has 4 heterocycles. The molecule has 3 aromatic heterocycles. The standard InChI is InChI=1S/C34H33N2OSi2/c1-22-13-15-25-26-10-9-18-35-34(26)37-33(25)32(22)27-20-24(17-19-36(27)2)23-14-16-30-31(21-23)39(5,6)29-12-8-7-11-28(29)38(30,3)4/h7-21H,1-6H3/q+1. The summed E-state index contributed by atoms with van der Waals surface area (Å²) in [5.74, 6) is 0. The molecule has 0 radical (unpaired) electrons. The monoisotopic (exact) mass is 541 g/mol. The number of rotatable bonds is 2. The lowest BCUT2D eigenvalue weighted by molar-refractivity contribution is -0.660. The van der Waals surface area contributed by atoms with Crippen LogP contribution in [0.15, 0.2) is 95.7 Å². The van der Waals surface area contributed by atoms with Crippen molar-refractivity contribution in [1.82, 2.24) is 4.98 Å². The highest BCUT2D eigenvalue weighted by Gasteiger charge is 2.43. The molecular formula is C34H33N2OSi2+. The first-order valence-corrected chi connectivity index (χ1v) is 19.7. The zero-order valence-electron chi connectivity index (χ0n) is 23.5. The molecule has 0 N–H and O–H groups in total. The number of hydrogen-bond acceptors (Lipinski definition) is 2. The number of nitrogens with zero attached hydrogens (tertiary/aromatic N) is 2. The van der Waals surface area contributed by atoms with Crippen LogP contribution in [0.1, 0.15) is 5.56 Å². The predicted octanol–water partition coefficient (Wildman–Crippen LogP) is 5.41. The third-order valence-electron chi connectivity index (χ3n) is 9.01. The highest BCUT2D eigenvalue weighted by Crippen LogP contribution is 2.37. The molecule has 1 aliphatic rings. The largest absolute Gasteiger partial charge is 0.437 e. The van der Waals surface area contributed by atoms with Gasteiger partial charge in [-0.2, -0.15) is 0 Å². The van der Waals surface area contributed by atoms with Gasteiger partial charge in [-0.15, -0.1) is 0 Å². The highest BCUT2D eigenvalue weighted by molar-refractivity contribution is 7.16. The van der Waals surface area contributed by atoms with Crippen molar-refractivity contribution in [1.29, 1.82) is 0 Å². The number of pyridine rings is 2. The molecule has 0 unspecified atom stereocenters. The maximum atomic E-state index is 6.36. The van der Waals surface area contributed by atoms with Gasteiger partial charge in [0.05, 0.1) is 5.56 Å². The zero-order chi connectivity index (χ0) is 27.1. The number of aryl methyl sites for hydroxylation is 2. The number of fused-ring (bicyclic) bond motifs is 5. The van der Waals surface area contributed by atoms with E-state index in [1.54, 1.807) is 26.9 Å². The van der Waals surface area contributed by atoms with E-state index in [4.69, 9.17) is 4.42 Å². The number of furan rings is 1. The molecular weight excluding hydrogens is 509 g/mol. The van der Waals surface area contributed by atoms with Crippen LogP contribution in [0, 0.1) is 6.92 Å². The van der Waals surface area contributed by atoms with E-state index in [1.807, 2.05) is 6.07 Å². The minimum Gasteiger partial charge on any atom is -0.437 e. The van der Waals surface area contributed by atoms with Crippen LogP contribution in [0.25, 0.3) is 44.5 Å². The highest BCUT2D eigenvalue weighted by atomic mass is 28.3. The predicted molar refractivity (Wildman–Crippen MR) is 168 cm³/mol. The van der Waals surface area contributed by atoms with Crippen LogP contribution in [-0.2, 0) is 7.05 Å². The van der Waals surface area contributed by atoms with Gasteiger partial charge >= 0.3 is 0 Å². The van der Waals surface area contributed by atoms with E-state index < -0.39 is 16.1 Å². The quantitative estimate of drug-likeness (QED) is 0.217. The summed E-state index contributed by atoms with van der Waals surface area (Å²) in [4.78, 5) is 4.49. The van der Waals surface area contributed by atoms with Crippen LogP contribution >= 0.6 is 0 Å². The van der Waals surface area contributed by atoms with Gasteiger partial charge in [-0.25, -0.2) is 9.55 Å². The second-order valence-electron chi connectivity index (χ2n) is 12.1. The molecule has 0 saturated carbocycles. The first-order valence-electron chi connectivity index (χ1n) is 13.7. The van der Waals surface area contributed by atoms with E-state index in [2.05, 4.69) is 129 Å². The summed E-state index contributed by atoms with van der Waals surface area (Å²) in [5, 5.41) is 8.62. The molecule has 0 fully saturated rings. The molecule has 192 valence electrons. The Hall–Kier alpha value is -3.81. The maximum Gasteiger partial charge on any atom is 0.227 e. The third kappa shape index (κ3) is 3.46. The molecule has 7 rings (SSSR count). The Balaban J connectivity index is 1.42. The molecule has 3 aromatic carbocycles. The van der Waals surface area contributed by atoms with Gasteiger partial charge < -0.3 is 4.42 Å². The van der Waals surface area contributed by atoms with E-state index in [1.165, 1.54) is 16.7 Å². The summed E-state index contributed by atoms with van der Waals surface area (Å²) in [6, 6.07) is 29.6. The summed E-state index contributed by atoms with van der Waals surface area (Å²) in [7, 11) is -1.47. The van der Waals surface area contributed by atoms with Crippen LogP contribution in [0.3, 0.4) is 0 Å². The van der Waals surface area contributed by atoms with Crippen molar-refractivity contribution in [2.45, 2.75) is 33.1 Å².